The fourth-order valence-electron chi connectivity index (χ4n) is 2.42. The van der Waals surface area contributed by atoms with Gasteiger partial charge < -0.3 is 4.74 Å². The van der Waals surface area contributed by atoms with E-state index in [2.05, 4.69) is 55.1 Å². The van der Waals surface area contributed by atoms with Crippen molar-refractivity contribution < 1.29 is 9.53 Å². The molecule has 0 aliphatic carbocycles. The van der Waals surface area contributed by atoms with Crippen LogP contribution in [0.1, 0.15) is 0 Å². The minimum Gasteiger partial charge on any atom is -0.423 e. The molecule has 0 N–H and O–H groups in total. The SMILES string of the molecule is C=CC(=O)Oc1ccc([SH](c2ccccc2)c2ccccc2)cc1. The van der Waals surface area contributed by atoms with Gasteiger partial charge in [0, 0.05) is 6.08 Å². The molecule has 0 unspecified atom stereocenters. The maximum atomic E-state index is 11.3. The Labute approximate surface area is 144 Å². The summed E-state index contributed by atoms with van der Waals surface area (Å²) in [5.41, 5.74) is 0. The van der Waals surface area contributed by atoms with E-state index in [0.717, 1.165) is 6.08 Å². The second-order valence-corrected chi connectivity index (χ2v) is 7.35. The van der Waals surface area contributed by atoms with Gasteiger partial charge in [-0.05, 0) is 63.2 Å². The van der Waals surface area contributed by atoms with Crippen LogP contribution in [0.3, 0.4) is 0 Å². The third kappa shape index (κ3) is 3.76. The van der Waals surface area contributed by atoms with Crippen molar-refractivity contribution in [3.05, 3.63) is 97.6 Å². The van der Waals surface area contributed by atoms with E-state index in [9.17, 15) is 4.79 Å². The Morgan fingerprint density at radius 2 is 1.21 bits per heavy atom. The third-order valence-corrected chi connectivity index (χ3v) is 5.95. The first-order chi connectivity index (χ1) is 11.8. The van der Waals surface area contributed by atoms with Crippen LogP contribution in [0.2, 0.25) is 0 Å². The lowest BCUT2D eigenvalue weighted by atomic mass is 10.3. The van der Waals surface area contributed by atoms with Gasteiger partial charge in [0.2, 0.25) is 0 Å². The number of rotatable bonds is 5. The summed E-state index contributed by atoms with van der Waals surface area (Å²) in [7, 11) is -0.643. The molecule has 24 heavy (non-hydrogen) atoms. The van der Waals surface area contributed by atoms with Gasteiger partial charge in [-0.25, -0.2) is 4.79 Å². The Kier molecular flexibility index (Phi) is 5.14. The van der Waals surface area contributed by atoms with Gasteiger partial charge in [0.05, 0.1) is 0 Å². The van der Waals surface area contributed by atoms with Crippen molar-refractivity contribution in [3.63, 3.8) is 0 Å². The lowest BCUT2D eigenvalue weighted by molar-refractivity contribution is -0.128. The molecule has 3 heteroatoms. The van der Waals surface area contributed by atoms with Crippen LogP contribution in [0.15, 0.2) is 112 Å². The number of carbonyl (C=O) groups excluding carboxylic acids is 1. The molecule has 0 aliphatic rings. The molecular formula is C21H18O2S. The molecule has 3 aromatic rings. The summed E-state index contributed by atoms with van der Waals surface area (Å²) in [6.45, 7) is 3.41. The number of hydrogen-bond donors (Lipinski definition) is 1. The van der Waals surface area contributed by atoms with E-state index in [1.54, 1.807) is 0 Å². The predicted octanol–water partition coefficient (Wildman–Crippen LogP) is 5.26. The van der Waals surface area contributed by atoms with E-state index in [4.69, 9.17) is 4.74 Å². The Morgan fingerprint density at radius 1 is 0.750 bits per heavy atom. The van der Waals surface area contributed by atoms with Crippen LogP contribution < -0.4 is 4.74 Å². The molecule has 2 nitrogen and oxygen atoms in total. The van der Waals surface area contributed by atoms with Crippen LogP contribution >= 0.6 is 10.9 Å². The number of esters is 1. The van der Waals surface area contributed by atoms with Crippen LogP contribution in [0.25, 0.3) is 0 Å². The largest absolute Gasteiger partial charge is 0.423 e. The van der Waals surface area contributed by atoms with Crippen molar-refractivity contribution >= 4 is 16.9 Å². The number of ether oxygens (including phenoxy) is 1. The fourth-order valence-corrected chi connectivity index (χ4v) is 4.70. The highest BCUT2D eigenvalue weighted by atomic mass is 32.2. The molecule has 120 valence electrons. The van der Waals surface area contributed by atoms with E-state index in [1.807, 2.05) is 36.4 Å². The van der Waals surface area contributed by atoms with Gasteiger partial charge in [0.1, 0.15) is 5.75 Å². The first-order valence-corrected chi connectivity index (χ1v) is 8.96. The monoisotopic (exact) mass is 334 g/mol. The zero-order chi connectivity index (χ0) is 16.8. The average Bonchev–Trinajstić information content (AvgIpc) is 2.65. The summed E-state index contributed by atoms with van der Waals surface area (Å²) in [6, 6.07) is 28.6. The predicted molar refractivity (Wildman–Crippen MR) is 98.9 cm³/mol. The lowest BCUT2D eigenvalue weighted by Crippen LogP contribution is -2.02. The molecule has 0 heterocycles. The molecule has 0 aromatic heterocycles. The number of benzene rings is 3. The number of hydrogen-bond acceptors (Lipinski definition) is 2. The van der Waals surface area contributed by atoms with Crippen molar-refractivity contribution in [2.75, 3.05) is 0 Å². The van der Waals surface area contributed by atoms with E-state index >= 15 is 0 Å². The molecular weight excluding hydrogens is 316 g/mol. The fraction of sp³-hybridized carbons (Fsp3) is 0. The van der Waals surface area contributed by atoms with Gasteiger partial charge in [-0.3, -0.25) is 0 Å². The topological polar surface area (TPSA) is 26.3 Å². The van der Waals surface area contributed by atoms with E-state index in [1.165, 1.54) is 14.7 Å². The normalized spacial score (nSPS) is 10.8. The van der Waals surface area contributed by atoms with Crippen molar-refractivity contribution in [2.45, 2.75) is 14.7 Å². The summed E-state index contributed by atoms with van der Waals surface area (Å²) >= 11 is 0. The first-order valence-electron chi connectivity index (χ1n) is 7.62. The van der Waals surface area contributed by atoms with Crippen LogP contribution in [0.4, 0.5) is 0 Å². The molecule has 0 fully saturated rings. The smallest absolute Gasteiger partial charge is 0.335 e. The third-order valence-electron chi connectivity index (χ3n) is 3.51. The van der Waals surface area contributed by atoms with Crippen molar-refractivity contribution in [1.82, 2.24) is 0 Å². The van der Waals surface area contributed by atoms with Crippen molar-refractivity contribution in [3.8, 4) is 5.75 Å². The van der Waals surface area contributed by atoms with Gasteiger partial charge in [0.25, 0.3) is 0 Å². The molecule has 0 amide bonds. The summed E-state index contributed by atoms with van der Waals surface area (Å²) in [5, 5.41) is 0. The molecule has 0 spiro atoms. The van der Waals surface area contributed by atoms with E-state index < -0.39 is 16.9 Å². The van der Waals surface area contributed by atoms with Crippen LogP contribution in [-0.4, -0.2) is 5.97 Å². The molecule has 0 atom stereocenters. The maximum absolute atomic E-state index is 11.3. The zero-order valence-electron chi connectivity index (χ0n) is 13.1. The molecule has 0 aliphatic heterocycles. The number of carbonyl (C=O) groups is 1. The highest BCUT2D eigenvalue weighted by molar-refractivity contribution is 8.17. The van der Waals surface area contributed by atoms with Crippen molar-refractivity contribution in [2.24, 2.45) is 0 Å². The van der Waals surface area contributed by atoms with Gasteiger partial charge in [-0.1, -0.05) is 43.0 Å². The summed E-state index contributed by atoms with van der Waals surface area (Å²) < 4.78 is 5.16. The minimum atomic E-state index is -0.643. The Balaban J connectivity index is 1.97. The Bertz CT molecular complexity index is 772. The molecule has 0 bridgehead atoms. The van der Waals surface area contributed by atoms with Gasteiger partial charge in [-0.15, -0.1) is 0 Å². The quantitative estimate of drug-likeness (QED) is 0.298. The summed E-state index contributed by atoms with van der Waals surface area (Å²) in [5.74, 6) is 0.0795. The standard InChI is InChI=1S/C21H18O2S/c1-2-21(22)23-17-13-15-20(16-14-17)24(18-9-5-3-6-10-18)19-11-7-4-8-12-19/h2-16,24H,1H2. The number of thiol groups is 1. The maximum Gasteiger partial charge on any atom is 0.335 e. The second kappa shape index (κ2) is 7.66. The van der Waals surface area contributed by atoms with Crippen LogP contribution in [-0.2, 0) is 4.79 Å². The van der Waals surface area contributed by atoms with E-state index in [-0.39, 0.29) is 0 Å². The first kappa shape index (κ1) is 16.1. The highest BCUT2D eigenvalue weighted by Gasteiger charge is 2.12. The Morgan fingerprint density at radius 3 is 1.67 bits per heavy atom. The molecule has 0 saturated heterocycles. The molecule has 3 rings (SSSR count). The van der Waals surface area contributed by atoms with E-state index in [0.29, 0.717) is 5.75 Å². The van der Waals surface area contributed by atoms with Gasteiger partial charge in [0.15, 0.2) is 0 Å². The zero-order valence-corrected chi connectivity index (χ0v) is 14.0. The average molecular weight is 334 g/mol. The lowest BCUT2D eigenvalue weighted by Gasteiger charge is -2.23. The summed E-state index contributed by atoms with van der Waals surface area (Å²) in [6.07, 6.45) is 1.16. The van der Waals surface area contributed by atoms with Crippen molar-refractivity contribution in [1.29, 1.82) is 0 Å². The van der Waals surface area contributed by atoms with Gasteiger partial charge in [-0.2, -0.15) is 10.9 Å². The van der Waals surface area contributed by atoms with Crippen LogP contribution in [0.5, 0.6) is 5.75 Å². The Hall–Kier alpha value is -2.78. The second-order valence-electron chi connectivity index (χ2n) is 5.13. The minimum absolute atomic E-state index is 0.448. The molecule has 0 radical (unpaired) electrons. The van der Waals surface area contributed by atoms with Crippen LogP contribution in [0, 0.1) is 0 Å². The highest BCUT2D eigenvalue weighted by Crippen LogP contribution is 2.51. The summed E-state index contributed by atoms with van der Waals surface area (Å²) in [4.78, 5) is 15.1. The molecule has 3 aromatic carbocycles. The van der Waals surface area contributed by atoms with Gasteiger partial charge >= 0.3 is 5.97 Å². The molecule has 0 saturated carbocycles.